The number of esters is 1. The Morgan fingerprint density at radius 2 is 1.69 bits per heavy atom. The van der Waals surface area contributed by atoms with E-state index in [4.69, 9.17) is 4.74 Å². The zero-order valence-electron chi connectivity index (χ0n) is 22.2. The smallest absolute Gasteiger partial charge is 0.310 e. The monoisotopic (exact) mass is 526 g/mol. The molecular formula is C32H34N2O5. The Morgan fingerprint density at radius 3 is 2.38 bits per heavy atom. The zero-order valence-corrected chi connectivity index (χ0v) is 22.2. The van der Waals surface area contributed by atoms with Gasteiger partial charge in [-0.15, -0.1) is 0 Å². The van der Waals surface area contributed by atoms with E-state index in [1.54, 1.807) is 6.92 Å². The van der Waals surface area contributed by atoms with Crippen LogP contribution in [0.25, 0.3) is 10.8 Å². The van der Waals surface area contributed by atoms with Gasteiger partial charge in [0.15, 0.2) is 0 Å². The van der Waals surface area contributed by atoms with Crippen molar-refractivity contribution in [2.75, 3.05) is 18.5 Å². The van der Waals surface area contributed by atoms with Gasteiger partial charge in [0.25, 0.3) is 0 Å². The molecule has 3 aromatic rings. The van der Waals surface area contributed by atoms with Gasteiger partial charge in [0.2, 0.25) is 11.8 Å². The molecule has 0 bridgehead atoms. The summed E-state index contributed by atoms with van der Waals surface area (Å²) in [6.07, 6.45) is 4.52. The van der Waals surface area contributed by atoms with Gasteiger partial charge in [-0.2, -0.15) is 0 Å². The first kappa shape index (κ1) is 26.6. The second-order valence-electron chi connectivity index (χ2n) is 10.2. The molecule has 2 N–H and O–H groups in total. The molecule has 5 rings (SSSR count). The van der Waals surface area contributed by atoms with E-state index < -0.39 is 35.8 Å². The van der Waals surface area contributed by atoms with Crippen LogP contribution in [0.1, 0.15) is 31.9 Å². The number of benzene rings is 3. The average Bonchev–Trinajstić information content (AvgIpc) is 3.25. The molecule has 1 heterocycles. The van der Waals surface area contributed by atoms with Crippen LogP contribution in [0.5, 0.6) is 0 Å². The molecule has 202 valence electrons. The zero-order chi connectivity index (χ0) is 27.5. The third-order valence-corrected chi connectivity index (χ3v) is 8.06. The molecule has 0 radical (unpaired) electrons. The van der Waals surface area contributed by atoms with Crippen LogP contribution >= 0.6 is 0 Å². The lowest BCUT2D eigenvalue weighted by Gasteiger charge is -2.34. The van der Waals surface area contributed by atoms with Gasteiger partial charge < -0.3 is 20.1 Å². The molecule has 39 heavy (non-hydrogen) atoms. The van der Waals surface area contributed by atoms with Gasteiger partial charge in [-0.25, -0.2) is 0 Å². The summed E-state index contributed by atoms with van der Waals surface area (Å²) in [5.41, 5.74) is 1.34. The van der Waals surface area contributed by atoms with E-state index >= 15 is 0 Å². The maximum Gasteiger partial charge on any atom is 0.310 e. The van der Waals surface area contributed by atoms with Gasteiger partial charge in [0, 0.05) is 11.6 Å². The number of nitrogens with one attached hydrogen (secondary N) is 1. The normalized spacial score (nSPS) is 24.8. The average molecular weight is 527 g/mol. The molecule has 7 nitrogen and oxygen atoms in total. The number of hydrogen-bond donors (Lipinski definition) is 2. The molecule has 0 unspecified atom stereocenters. The number of ether oxygens (including phenoxy) is 1. The number of nitrogens with zero attached hydrogens (tertiary/aromatic N) is 1. The van der Waals surface area contributed by atoms with Gasteiger partial charge in [0.05, 0.1) is 31.1 Å². The Bertz CT molecular complexity index is 1390. The summed E-state index contributed by atoms with van der Waals surface area (Å²) in [4.78, 5) is 42.9. The molecule has 7 heteroatoms. The summed E-state index contributed by atoms with van der Waals surface area (Å²) in [5.74, 6) is -3.29. The van der Waals surface area contributed by atoms with E-state index in [0.29, 0.717) is 12.1 Å². The van der Waals surface area contributed by atoms with Gasteiger partial charge in [-0.3, -0.25) is 14.4 Å². The summed E-state index contributed by atoms with van der Waals surface area (Å²) >= 11 is 0. The Balaban J connectivity index is 1.56. The topological polar surface area (TPSA) is 95.9 Å². The summed E-state index contributed by atoms with van der Waals surface area (Å²) in [6.45, 7) is 3.57. The third kappa shape index (κ3) is 4.94. The molecule has 6 atom stereocenters. The van der Waals surface area contributed by atoms with E-state index in [1.807, 2.05) is 91.9 Å². The highest BCUT2D eigenvalue weighted by molar-refractivity contribution is 6.02. The standard InChI is InChI=1S/C32H34N2O5/c1-3-20-15-17-25-28(27(20)32(38)39-4-2)31(37)34(26(19-35)22-11-6-5-7-12-22)29(25)30(36)33-24-16-14-21-10-8-9-13-23(21)18-24/h5-18,20,25-29,35H,3-4,19H2,1-2H3,(H,33,36)/t20-,25+,26-,27-,28-,29+/m1/s1. The highest BCUT2D eigenvalue weighted by Gasteiger charge is 2.59. The van der Waals surface area contributed by atoms with Crippen molar-refractivity contribution in [1.29, 1.82) is 0 Å². The second-order valence-corrected chi connectivity index (χ2v) is 10.2. The molecule has 2 amide bonds. The van der Waals surface area contributed by atoms with Crippen molar-refractivity contribution < 1.29 is 24.2 Å². The number of likely N-dealkylation sites (tertiary alicyclic amines) is 1. The number of amides is 2. The maximum absolute atomic E-state index is 14.2. The number of allylic oxidation sites excluding steroid dienone is 1. The van der Waals surface area contributed by atoms with Gasteiger partial charge in [-0.05, 0) is 47.7 Å². The van der Waals surface area contributed by atoms with Crippen LogP contribution in [-0.2, 0) is 19.1 Å². The van der Waals surface area contributed by atoms with Crippen molar-refractivity contribution in [3.8, 4) is 0 Å². The fourth-order valence-electron chi connectivity index (χ4n) is 6.24. The second kappa shape index (κ2) is 11.4. The van der Waals surface area contributed by atoms with E-state index in [1.165, 1.54) is 4.90 Å². The first-order valence-electron chi connectivity index (χ1n) is 13.6. The van der Waals surface area contributed by atoms with Gasteiger partial charge in [0.1, 0.15) is 6.04 Å². The lowest BCUT2D eigenvalue weighted by atomic mass is 9.69. The number of aliphatic hydroxyl groups is 1. The fourth-order valence-corrected chi connectivity index (χ4v) is 6.24. The van der Waals surface area contributed by atoms with E-state index in [2.05, 4.69) is 5.32 Å². The highest BCUT2D eigenvalue weighted by Crippen LogP contribution is 2.48. The molecule has 1 saturated heterocycles. The summed E-state index contributed by atoms with van der Waals surface area (Å²) in [5, 5.41) is 15.6. The summed E-state index contributed by atoms with van der Waals surface area (Å²) in [6, 6.07) is 21.1. The van der Waals surface area contributed by atoms with Gasteiger partial charge >= 0.3 is 5.97 Å². The largest absolute Gasteiger partial charge is 0.466 e. The number of fused-ring (bicyclic) bond motifs is 2. The maximum atomic E-state index is 14.2. The minimum Gasteiger partial charge on any atom is -0.466 e. The molecule has 0 aromatic heterocycles. The molecule has 2 aliphatic rings. The number of hydrogen-bond acceptors (Lipinski definition) is 5. The van der Waals surface area contributed by atoms with Crippen molar-refractivity contribution in [2.45, 2.75) is 32.4 Å². The van der Waals surface area contributed by atoms with Crippen LogP contribution in [0.4, 0.5) is 5.69 Å². The molecule has 1 aliphatic carbocycles. The van der Waals surface area contributed by atoms with Gasteiger partial charge in [-0.1, -0.05) is 79.7 Å². The number of carbonyl (C=O) groups is 3. The molecule has 3 aromatic carbocycles. The molecule has 1 aliphatic heterocycles. The lowest BCUT2D eigenvalue weighted by Crippen LogP contribution is -2.46. The first-order valence-corrected chi connectivity index (χ1v) is 13.6. The Hall–Kier alpha value is -3.97. The quantitative estimate of drug-likeness (QED) is 0.327. The Labute approximate surface area is 228 Å². The third-order valence-electron chi connectivity index (χ3n) is 8.06. The van der Waals surface area contributed by atoms with Crippen LogP contribution in [0.3, 0.4) is 0 Å². The van der Waals surface area contributed by atoms with Crippen molar-refractivity contribution in [3.63, 3.8) is 0 Å². The minimum absolute atomic E-state index is 0.178. The Morgan fingerprint density at radius 1 is 0.974 bits per heavy atom. The molecule has 0 spiro atoms. The van der Waals surface area contributed by atoms with Crippen LogP contribution in [0, 0.1) is 23.7 Å². The lowest BCUT2D eigenvalue weighted by molar-refractivity contribution is -0.156. The van der Waals surface area contributed by atoms with E-state index in [-0.39, 0.29) is 30.9 Å². The van der Waals surface area contributed by atoms with Crippen LogP contribution < -0.4 is 5.32 Å². The summed E-state index contributed by atoms with van der Waals surface area (Å²) in [7, 11) is 0. The van der Waals surface area contributed by atoms with Crippen LogP contribution in [0.15, 0.2) is 84.9 Å². The SMILES string of the molecule is CCOC(=O)[C@H]1[C@@H]2C(=O)N([C@H](CO)c3ccccc3)[C@H](C(=O)Nc3ccc4ccccc4c3)[C@H]2C=C[C@H]1CC. The van der Waals surface area contributed by atoms with E-state index in [0.717, 1.165) is 16.3 Å². The number of carbonyl (C=O) groups excluding carboxylic acids is 3. The molecule has 1 fully saturated rings. The number of aliphatic hydroxyl groups excluding tert-OH is 1. The van der Waals surface area contributed by atoms with E-state index in [9.17, 15) is 19.5 Å². The Kier molecular flexibility index (Phi) is 7.79. The number of anilines is 1. The van der Waals surface area contributed by atoms with Crippen LogP contribution in [0.2, 0.25) is 0 Å². The fraction of sp³-hybridized carbons (Fsp3) is 0.344. The first-order chi connectivity index (χ1) is 19.0. The van der Waals surface area contributed by atoms with Crippen molar-refractivity contribution >= 4 is 34.2 Å². The van der Waals surface area contributed by atoms with Crippen molar-refractivity contribution in [2.24, 2.45) is 23.7 Å². The molecule has 0 saturated carbocycles. The summed E-state index contributed by atoms with van der Waals surface area (Å²) < 4.78 is 5.42. The predicted octanol–water partition coefficient (Wildman–Crippen LogP) is 4.73. The van der Waals surface area contributed by atoms with Crippen molar-refractivity contribution in [1.82, 2.24) is 4.90 Å². The number of rotatable bonds is 8. The van der Waals surface area contributed by atoms with Crippen molar-refractivity contribution in [3.05, 3.63) is 90.5 Å². The highest BCUT2D eigenvalue weighted by atomic mass is 16.5. The minimum atomic E-state index is -0.919. The molecular weight excluding hydrogens is 492 g/mol. The predicted molar refractivity (Wildman–Crippen MR) is 150 cm³/mol. The van der Waals surface area contributed by atoms with Crippen LogP contribution in [-0.4, -0.2) is 47.0 Å².